The minimum absolute atomic E-state index is 0.106. The number of esters is 1. The highest BCUT2D eigenvalue weighted by Gasteiger charge is 2.44. The van der Waals surface area contributed by atoms with E-state index in [4.69, 9.17) is 9.47 Å². The smallest absolute Gasteiger partial charge is 0.410 e. The number of carbonyl (C=O) groups excluding carboxylic acids is 2. The van der Waals surface area contributed by atoms with Crippen LogP contribution < -0.4 is 0 Å². The van der Waals surface area contributed by atoms with E-state index < -0.39 is 5.60 Å². The Hall–Kier alpha value is -1.26. The van der Waals surface area contributed by atoms with Gasteiger partial charge in [-0.2, -0.15) is 0 Å². The fraction of sp³-hybridized carbons (Fsp3) is 0.875. The van der Waals surface area contributed by atoms with Gasteiger partial charge in [0.1, 0.15) is 5.60 Å². The fourth-order valence-corrected chi connectivity index (χ4v) is 3.56. The van der Waals surface area contributed by atoms with E-state index in [-0.39, 0.29) is 12.1 Å². The van der Waals surface area contributed by atoms with Gasteiger partial charge in [0.25, 0.3) is 0 Å². The second-order valence-electron chi connectivity index (χ2n) is 7.16. The third-order valence-corrected chi connectivity index (χ3v) is 4.39. The predicted octanol–water partition coefficient (Wildman–Crippen LogP) is 2.83. The first kappa shape index (κ1) is 16.1. The molecule has 2 unspecified atom stereocenters. The fourth-order valence-electron chi connectivity index (χ4n) is 3.56. The molecule has 5 heteroatoms. The quantitative estimate of drug-likeness (QED) is 0.752. The zero-order valence-electron chi connectivity index (χ0n) is 13.6. The molecule has 120 valence electrons. The van der Waals surface area contributed by atoms with Crippen molar-refractivity contribution in [2.45, 2.75) is 52.6 Å². The van der Waals surface area contributed by atoms with Crippen LogP contribution in [0.25, 0.3) is 0 Å². The van der Waals surface area contributed by atoms with Gasteiger partial charge < -0.3 is 14.4 Å². The normalized spacial score (nSPS) is 28.4. The van der Waals surface area contributed by atoms with Crippen molar-refractivity contribution < 1.29 is 19.1 Å². The van der Waals surface area contributed by atoms with E-state index in [1.807, 2.05) is 32.6 Å². The Bertz CT molecular complexity index is 388. The van der Waals surface area contributed by atoms with Gasteiger partial charge in [0.05, 0.1) is 6.61 Å². The summed E-state index contributed by atoms with van der Waals surface area (Å²) in [6.45, 7) is 9.32. The van der Waals surface area contributed by atoms with E-state index in [1.54, 1.807) is 0 Å². The molecule has 0 radical (unpaired) electrons. The number of piperidine rings is 1. The third kappa shape index (κ3) is 4.11. The van der Waals surface area contributed by atoms with Crippen molar-refractivity contribution in [1.82, 2.24) is 4.90 Å². The van der Waals surface area contributed by atoms with Gasteiger partial charge in [-0.1, -0.05) is 0 Å². The largest absolute Gasteiger partial charge is 0.466 e. The molecule has 0 spiro atoms. The van der Waals surface area contributed by atoms with Gasteiger partial charge in [-0.3, -0.25) is 4.79 Å². The number of likely N-dealkylation sites (tertiary alicyclic amines) is 1. The van der Waals surface area contributed by atoms with Gasteiger partial charge in [0.15, 0.2) is 0 Å². The van der Waals surface area contributed by atoms with Gasteiger partial charge in [0, 0.05) is 19.5 Å². The molecule has 21 heavy (non-hydrogen) atoms. The minimum atomic E-state index is -0.460. The summed E-state index contributed by atoms with van der Waals surface area (Å²) in [6.07, 6.45) is 2.45. The summed E-state index contributed by atoms with van der Waals surface area (Å²) in [4.78, 5) is 25.7. The number of fused-ring (bicyclic) bond motifs is 2. The van der Waals surface area contributed by atoms with Crippen molar-refractivity contribution in [2.75, 3.05) is 19.7 Å². The number of carbonyl (C=O) groups is 2. The summed E-state index contributed by atoms with van der Waals surface area (Å²) in [6, 6.07) is 0. The van der Waals surface area contributed by atoms with E-state index in [0.717, 1.165) is 12.8 Å². The number of amides is 1. The molecule has 1 saturated heterocycles. The first-order chi connectivity index (χ1) is 9.80. The van der Waals surface area contributed by atoms with Crippen LogP contribution >= 0.6 is 0 Å². The monoisotopic (exact) mass is 297 g/mol. The second kappa shape index (κ2) is 6.24. The molecule has 2 atom stereocenters. The maximum Gasteiger partial charge on any atom is 0.410 e. The molecule has 2 bridgehead atoms. The summed E-state index contributed by atoms with van der Waals surface area (Å²) < 4.78 is 10.5. The first-order valence-corrected chi connectivity index (χ1v) is 7.93. The highest BCUT2D eigenvalue weighted by Crippen LogP contribution is 2.44. The molecule has 0 aromatic carbocycles. The molecule has 1 amide bonds. The standard InChI is InChI=1S/C16H27NO4/c1-5-20-14(18)8-13-11-6-7-12(13)10-17(9-11)15(19)21-16(2,3)4/h11-13H,5-10H2,1-4H3. The lowest BCUT2D eigenvalue weighted by Gasteiger charge is -2.38. The predicted molar refractivity (Wildman–Crippen MR) is 78.8 cm³/mol. The van der Waals surface area contributed by atoms with Crippen LogP contribution in [0.3, 0.4) is 0 Å². The summed E-state index contributed by atoms with van der Waals surface area (Å²) in [5, 5.41) is 0. The summed E-state index contributed by atoms with van der Waals surface area (Å²) >= 11 is 0. The molecule has 1 heterocycles. The van der Waals surface area contributed by atoms with E-state index >= 15 is 0 Å². The van der Waals surface area contributed by atoms with Crippen LogP contribution in [0.1, 0.15) is 47.0 Å². The molecule has 0 aromatic heterocycles. The van der Waals surface area contributed by atoms with Crippen LogP contribution in [-0.2, 0) is 14.3 Å². The molecule has 0 N–H and O–H groups in total. The lowest BCUT2D eigenvalue weighted by molar-refractivity contribution is -0.145. The van der Waals surface area contributed by atoms with E-state index in [9.17, 15) is 9.59 Å². The van der Waals surface area contributed by atoms with Crippen LogP contribution in [-0.4, -0.2) is 42.3 Å². The van der Waals surface area contributed by atoms with E-state index in [1.165, 1.54) is 0 Å². The number of nitrogens with zero attached hydrogens (tertiary/aromatic N) is 1. The van der Waals surface area contributed by atoms with Crippen molar-refractivity contribution in [2.24, 2.45) is 17.8 Å². The Morgan fingerprint density at radius 3 is 2.19 bits per heavy atom. The van der Waals surface area contributed by atoms with Gasteiger partial charge in [-0.15, -0.1) is 0 Å². The molecule has 1 saturated carbocycles. The van der Waals surface area contributed by atoms with Gasteiger partial charge in [-0.25, -0.2) is 4.79 Å². The lowest BCUT2D eigenvalue weighted by atomic mass is 9.83. The van der Waals surface area contributed by atoms with Crippen molar-refractivity contribution in [3.63, 3.8) is 0 Å². The van der Waals surface area contributed by atoms with Crippen molar-refractivity contribution in [3.05, 3.63) is 0 Å². The van der Waals surface area contributed by atoms with Crippen LogP contribution in [0.4, 0.5) is 4.79 Å². The molecular weight excluding hydrogens is 270 g/mol. The van der Waals surface area contributed by atoms with E-state index in [0.29, 0.717) is 43.9 Å². The molecule has 5 nitrogen and oxygen atoms in total. The van der Waals surface area contributed by atoms with Gasteiger partial charge in [-0.05, 0) is 58.3 Å². The van der Waals surface area contributed by atoms with E-state index in [2.05, 4.69) is 0 Å². The van der Waals surface area contributed by atoms with Gasteiger partial charge >= 0.3 is 12.1 Å². The highest BCUT2D eigenvalue weighted by molar-refractivity contribution is 5.70. The molecule has 2 fully saturated rings. The Kier molecular flexibility index (Phi) is 4.79. The molecule has 0 aromatic rings. The van der Waals surface area contributed by atoms with Crippen molar-refractivity contribution in [1.29, 1.82) is 0 Å². The van der Waals surface area contributed by atoms with Crippen molar-refractivity contribution >= 4 is 12.1 Å². The average molecular weight is 297 g/mol. The second-order valence-corrected chi connectivity index (χ2v) is 7.16. The molecular formula is C16H27NO4. The van der Waals surface area contributed by atoms with Crippen LogP contribution in [0, 0.1) is 17.8 Å². The summed E-state index contributed by atoms with van der Waals surface area (Å²) in [5.74, 6) is 1.06. The summed E-state index contributed by atoms with van der Waals surface area (Å²) in [5.41, 5.74) is -0.460. The maximum absolute atomic E-state index is 12.2. The zero-order chi connectivity index (χ0) is 15.6. The third-order valence-electron chi connectivity index (χ3n) is 4.39. The lowest BCUT2D eigenvalue weighted by Crippen LogP contribution is -2.47. The zero-order valence-corrected chi connectivity index (χ0v) is 13.6. The molecule has 2 aliphatic rings. The minimum Gasteiger partial charge on any atom is -0.466 e. The number of ether oxygens (including phenoxy) is 2. The number of hydrogen-bond donors (Lipinski definition) is 0. The maximum atomic E-state index is 12.2. The Labute approximate surface area is 127 Å². The van der Waals surface area contributed by atoms with Crippen LogP contribution in [0.5, 0.6) is 0 Å². The van der Waals surface area contributed by atoms with Crippen molar-refractivity contribution in [3.8, 4) is 0 Å². The van der Waals surface area contributed by atoms with Crippen LogP contribution in [0.2, 0.25) is 0 Å². The van der Waals surface area contributed by atoms with Crippen LogP contribution in [0.15, 0.2) is 0 Å². The Balaban J connectivity index is 1.92. The van der Waals surface area contributed by atoms with Gasteiger partial charge in [0.2, 0.25) is 0 Å². The topological polar surface area (TPSA) is 55.8 Å². The Morgan fingerprint density at radius 2 is 1.71 bits per heavy atom. The Morgan fingerprint density at radius 1 is 1.14 bits per heavy atom. The number of hydrogen-bond acceptors (Lipinski definition) is 4. The molecule has 2 rings (SSSR count). The first-order valence-electron chi connectivity index (χ1n) is 7.93. The summed E-state index contributed by atoms with van der Waals surface area (Å²) in [7, 11) is 0. The molecule has 1 aliphatic carbocycles. The molecule has 1 aliphatic heterocycles. The average Bonchev–Trinajstić information content (AvgIpc) is 2.59. The SMILES string of the molecule is CCOC(=O)CC1C2CCC1CN(C(=O)OC(C)(C)C)C2. The highest BCUT2D eigenvalue weighted by atomic mass is 16.6. The number of rotatable bonds is 3.